The van der Waals surface area contributed by atoms with Crippen molar-refractivity contribution in [3.8, 4) is 0 Å². The Hall–Kier alpha value is -0.340. The van der Waals surface area contributed by atoms with Crippen molar-refractivity contribution in [2.45, 2.75) is 31.9 Å². The van der Waals surface area contributed by atoms with Gasteiger partial charge in [-0.05, 0) is 19.8 Å². The van der Waals surface area contributed by atoms with Crippen LogP contribution in [0.3, 0.4) is 0 Å². The van der Waals surface area contributed by atoms with E-state index >= 15 is 0 Å². The molecule has 0 spiro atoms. The zero-order valence-corrected chi connectivity index (χ0v) is 7.18. The van der Waals surface area contributed by atoms with Crippen LogP contribution in [0.15, 0.2) is 12.7 Å². The second-order valence-electron chi connectivity index (χ2n) is 3.07. The van der Waals surface area contributed by atoms with E-state index in [1.165, 1.54) is 12.8 Å². The van der Waals surface area contributed by atoms with E-state index in [9.17, 15) is 0 Å². The predicted molar refractivity (Wildman–Crippen MR) is 46.6 cm³/mol. The molecule has 0 saturated carbocycles. The molecule has 0 radical (unpaired) electrons. The summed E-state index contributed by atoms with van der Waals surface area (Å²) >= 11 is 0. The summed E-state index contributed by atoms with van der Waals surface area (Å²) in [6.07, 6.45) is 4.78. The maximum absolute atomic E-state index is 5.45. The summed E-state index contributed by atoms with van der Waals surface area (Å²) in [4.78, 5) is 0. The van der Waals surface area contributed by atoms with Gasteiger partial charge in [0, 0.05) is 19.2 Å². The molecule has 1 N–H and O–H groups in total. The van der Waals surface area contributed by atoms with E-state index in [0.29, 0.717) is 12.1 Å². The summed E-state index contributed by atoms with van der Waals surface area (Å²) in [7, 11) is 0. The molecule has 0 amide bonds. The zero-order valence-electron chi connectivity index (χ0n) is 7.18. The van der Waals surface area contributed by atoms with Crippen LogP contribution in [-0.4, -0.2) is 25.3 Å². The van der Waals surface area contributed by atoms with Crippen LogP contribution in [0.25, 0.3) is 0 Å². The fourth-order valence-electron chi connectivity index (χ4n) is 1.21. The van der Waals surface area contributed by atoms with Crippen molar-refractivity contribution in [1.82, 2.24) is 5.32 Å². The molecule has 1 fully saturated rings. The van der Waals surface area contributed by atoms with Gasteiger partial charge in [0.1, 0.15) is 0 Å². The van der Waals surface area contributed by atoms with Gasteiger partial charge in [0.15, 0.2) is 0 Å². The fourth-order valence-corrected chi connectivity index (χ4v) is 1.21. The molecule has 1 aliphatic rings. The van der Waals surface area contributed by atoms with E-state index in [-0.39, 0.29) is 0 Å². The first-order valence-corrected chi connectivity index (χ1v) is 4.30. The predicted octanol–water partition coefficient (Wildman–Crippen LogP) is 1.33. The molecule has 1 aliphatic heterocycles. The van der Waals surface area contributed by atoms with Gasteiger partial charge in [0.2, 0.25) is 0 Å². The molecule has 0 aliphatic carbocycles. The summed E-state index contributed by atoms with van der Waals surface area (Å²) < 4.78 is 5.45. The summed E-state index contributed by atoms with van der Waals surface area (Å²) in [5.41, 5.74) is 0. The highest BCUT2D eigenvalue weighted by molar-refractivity contribution is 4.82. The Morgan fingerprint density at radius 1 is 1.82 bits per heavy atom. The van der Waals surface area contributed by atoms with Crippen molar-refractivity contribution in [2.24, 2.45) is 0 Å². The first-order valence-electron chi connectivity index (χ1n) is 4.30. The number of nitrogens with one attached hydrogen (secondary N) is 1. The molecule has 1 saturated heterocycles. The Kier molecular flexibility index (Phi) is 3.60. The Morgan fingerprint density at radius 3 is 3.18 bits per heavy atom. The van der Waals surface area contributed by atoms with E-state index in [2.05, 4.69) is 18.8 Å². The highest BCUT2D eigenvalue weighted by atomic mass is 16.5. The highest BCUT2D eigenvalue weighted by Crippen LogP contribution is 2.10. The average molecular weight is 155 g/mol. The van der Waals surface area contributed by atoms with Gasteiger partial charge in [-0.2, -0.15) is 0 Å². The molecule has 11 heavy (non-hydrogen) atoms. The number of hydrogen-bond donors (Lipinski definition) is 1. The highest BCUT2D eigenvalue weighted by Gasteiger charge is 2.14. The Labute approximate surface area is 68.6 Å². The van der Waals surface area contributed by atoms with Crippen LogP contribution in [0, 0.1) is 0 Å². The summed E-state index contributed by atoms with van der Waals surface area (Å²) in [6, 6.07) is 0.402. The van der Waals surface area contributed by atoms with Gasteiger partial charge in [-0.15, -0.1) is 6.58 Å². The Balaban J connectivity index is 2.06. The van der Waals surface area contributed by atoms with Gasteiger partial charge in [-0.3, -0.25) is 0 Å². The van der Waals surface area contributed by atoms with Crippen LogP contribution in [0.4, 0.5) is 0 Å². The number of hydrogen-bond acceptors (Lipinski definition) is 2. The third kappa shape index (κ3) is 3.04. The molecule has 1 heterocycles. The normalized spacial score (nSPS) is 26.8. The van der Waals surface area contributed by atoms with Crippen LogP contribution in [0.1, 0.15) is 19.8 Å². The third-order valence-electron chi connectivity index (χ3n) is 2.05. The van der Waals surface area contributed by atoms with E-state index in [4.69, 9.17) is 4.74 Å². The minimum Gasteiger partial charge on any atom is -0.377 e. The van der Waals surface area contributed by atoms with Gasteiger partial charge in [0.25, 0.3) is 0 Å². The van der Waals surface area contributed by atoms with E-state index in [0.717, 1.165) is 13.2 Å². The molecule has 2 heteroatoms. The minimum atomic E-state index is 0.402. The molecule has 0 bridgehead atoms. The van der Waals surface area contributed by atoms with Crippen molar-refractivity contribution in [2.75, 3.05) is 13.2 Å². The second-order valence-corrected chi connectivity index (χ2v) is 3.07. The molecule has 0 aromatic heterocycles. The van der Waals surface area contributed by atoms with Crippen molar-refractivity contribution >= 4 is 0 Å². The Bertz CT molecular complexity index is 119. The molecule has 0 aromatic carbocycles. The van der Waals surface area contributed by atoms with Gasteiger partial charge in [-0.1, -0.05) is 6.08 Å². The van der Waals surface area contributed by atoms with Gasteiger partial charge >= 0.3 is 0 Å². The lowest BCUT2D eigenvalue weighted by Gasteiger charge is -2.13. The van der Waals surface area contributed by atoms with Crippen LogP contribution in [0.2, 0.25) is 0 Å². The van der Waals surface area contributed by atoms with E-state index < -0.39 is 0 Å². The monoisotopic (exact) mass is 155 g/mol. The Morgan fingerprint density at radius 2 is 2.64 bits per heavy atom. The van der Waals surface area contributed by atoms with Crippen molar-refractivity contribution < 1.29 is 4.74 Å². The maximum atomic E-state index is 5.45. The van der Waals surface area contributed by atoms with Crippen LogP contribution in [0.5, 0.6) is 0 Å². The van der Waals surface area contributed by atoms with Gasteiger partial charge in [0.05, 0.1) is 6.10 Å². The topological polar surface area (TPSA) is 21.3 Å². The number of rotatable bonds is 4. The lowest BCUT2D eigenvalue weighted by Crippen LogP contribution is -2.32. The second kappa shape index (κ2) is 4.52. The molecule has 64 valence electrons. The first kappa shape index (κ1) is 8.75. The molecule has 1 rings (SSSR count). The minimum absolute atomic E-state index is 0.402. The third-order valence-corrected chi connectivity index (χ3v) is 2.05. The molecule has 2 unspecified atom stereocenters. The number of ether oxygens (including phenoxy) is 1. The van der Waals surface area contributed by atoms with Gasteiger partial charge < -0.3 is 10.1 Å². The molecular weight excluding hydrogens is 138 g/mol. The lowest BCUT2D eigenvalue weighted by atomic mass is 10.2. The van der Waals surface area contributed by atoms with Crippen LogP contribution < -0.4 is 5.32 Å². The van der Waals surface area contributed by atoms with E-state index in [1.54, 1.807) is 0 Å². The van der Waals surface area contributed by atoms with E-state index in [1.807, 2.05) is 6.08 Å². The summed E-state index contributed by atoms with van der Waals surface area (Å²) in [6.45, 7) is 7.71. The maximum Gasteiger partial charge on any atom is 0.0700 e. The largest absolute Gasteiger partial charge is 0.377 e. The summed E-state index contributed by atoms with van der Waals surface area (Å²) in [5, 5.41) is 3.33. The van der Waals surface area contributed by atoms with Crippen LogP contribution in [-0.2, 0) is 4.74 Å². The zero-order chi connectivity index (χ0) is 8.10. The SMILES string of the molecule is C=CC(C)NCC1CCCO1. The van der Waals surface area contributed by atoms with Crippen molar-refractivity contribution in [3.63, 3.8) is 0 Å². The standard InChI is InChI=1S/C9H17NO/c1-3-8(2)10-7-9-5-4-6-11-9/h3,8-10H,1,4-7H2,2H3. The molecule has 2 atom stereocenters. The van der Waals surface area contributed by atoms with Gasteiger partial charge in [-0.25, -0.2) is 0 Å². The van der Waals surface area contributed by atoms with Crippen LogP contribution >= 0.6 is 0 Å². The summed E-state index contributed by atoms with van der Waals surface area (Å²) in [5.74, 6) is 0. The molecular formula is C9H17NO. The lowest BCUT2D eigenvalue weighted by molar-refractivity contribution is 0.109. The quantitative estimate of drug-likeness (QED) is 0.618. The average Bonchev–Trinajstić information content (AvgIpc) is 2.52. The first-order chi connectivity index (χ1) is 5.33. The van der Waals surface area contributed by atoms with Crippen molar-refractivity contribution in [1.29, 1.82) is 0 Å². The molecule has 2 nitrogen and oxygen atoms in total. The molecule has 0 aromatic rings. The van der Waals surface area contributed by atoms with Crippen molar-refractivity contribution in [3.05, 3.63) is 12.7 Å². The fraction of sp³-hybridized carbons (Fsp3) is 0.778. The smallest absolute Gasteiger partial charge is 0.0700 e.